The van der Waals surface area contributed by atoms with E-state index in [1.165, 1.54) is 6.42 Å². The van der Waals surface area contributed by atoms with Gasteiger partial charge in [0.15, 0.2) is 0 Å². The van der Waals surface area contributed by atoms with Gasteiger partial charge < -0.3 is 5.32 Å². The van der Waals surface area contributed by atoms with Crippen LogP contribution in [0.1, 0.15) is 47.0 Å². The molecule has 2 nitrogen and oxygen atoms in total. The number of amides is 1. The van der Waals surface area contributed by atoms with E-state index in [0.717, 1.165) is 25.3 Å². The third-order valence-electron chi connectivity index (χ3n) is 3.64. The number of hydrogen-bond donors (Lipinski definition) is 1. The lowest BCUT2D eigenvalue weighted by Gasteiger charge is -2.34. The number of carbonyl (C=O) groups is 1. The summed E-state index contributed by atoms with van der Waals surface area (Å²) in [6.07, 6.45) is 3.47. The van der Waals surface area contributed by atoms with Crippen molar-refractivity contribution in [3.8, 4) is 0 Å². The second kappa shape index (κ2) is 5.53. The zero-order valence-electron chi connectivity index (χ0n) is 10.5. The number of rotatable bonds is 3. The van der Waals surface area contributed by atoms with Gasteiger partial charge in [-0.3, -0.25) is 4.79 Å². The molecule has 0 radical (unpaired) electrons. The quantitative estimate of drug-likeness (QED) is 0.764. The maximum Gasteiger partial charge on any atom is 0.223 e. The molecule has 1 N–H and O–H groups in total. The summed E-state index contributed by atoms with van der Waals surface area (Å²) in [6, 6.07) is 0. The molecule has 1 aliphatic carbocycles. The van der Waals surface area contributed by atoms with E-state index >= 15 is 0 Å². The van der Waals surface area contributed by atoms with E-state index < -0.39 is 0 Å². The van der Waals surface area contributed by atoms with E-state index in [4.69, 9.17) is 0 Å². The van der Waals surface area contributed by atoms with Crippen LogP contribution in [0.2, 0.25) is 0 Å². The van der Waals surface area contributed by atoms with Crippen LogP contribution in [-0.2, 0) is 4.79 Å². The molecule has 0 aromatic rings. The Hall–Kier alpha value is -0.530. The Morgan fingerprint density at radius 2 is 2.00 bits per heavy atom. The molecule has 1 fully saturated rings. The van der Waals surface area contributed by atoms with Crippen molar-refractivity contribution in [1.82, 2.24) is 5.32 Å². The van der Waals surface area contributed by atoms with Crippen molar-refractivity contribution in [3.63, 3.8) is 0 Å². The van der Waals surface area contributed by atoms with Gasteiger partial charge in [-0.25, -0.2) is 0 Å². The second-order valence-corrected chi connectivity index (χ2v) is 5.41. The van der Waals surface area contributed by atoms with Crippen molar-refractivity contribution in [2.24, 2.45) is 23.7 Å². The summed E-state index contributed by atoms with van der Waals surface area (Å²) >= 11 is 0. The lowest BCUT2D eigenvalue weighted by molar-refractivity contribution is -0.127. The SMILES string of the molecule is CCNC(=O)C1CC(C)CC(C(C)C)C1. The van der Waals surface area contributed by atoms with Gasteiger partial charge in [0.1, 0.15) is 0 Å². The highest BCUT2D eigenvalue weighted by atomic mass is 16.1. The standard InChI is InChI=1S/C13H25NO/c1-5-14-13(15)12-7-10(4)6-11(8-12)9(2)3/h9-12H,5-8H2,1-4H3,(H,14,15). The smallest absolute Gasteiger partial charge is 0.223 e. The van der Waals surface area contributed by atoms with Crippen LogP contribution >= 0.6 is 0 Å². The second-order valence-electron chi connectivity index (χ2n) is 5.41. The zero-order valence-corrected chi connectivity index (χ0v) is 10.5. The van der Waals surface area contributed by atoms with Crippen LogP contribution in [0.15, 0.2) is 0 Å². The summed E-state index contributed by atoms with van der Waals surface area (Å²) in [5.41, 5.74) is 0. The minimum absolute atomic E-state index is 0.265. The molecule has 0 aromatic heterocycles. The van der Waals surface area contributed by atoms with Gasteiger partial charge in [0.05, 0.1) is 0 Å². The highest BCUT2D eigenvalue weighted by molar-refractivity contribution is 5.78. The van der Waals surface area contributed by atoms with Crippen LogP contribution in [0.3, 0.4) is 0 Å². The monoisotopic (exact) mass is 211 g/mol. The number of carbonyl (C=O) groups excluding carboxylic acids is 1. The third kappa shape index (κ3) is 3.51. The van der Waals surface area contributed by atoms with E-state index in [2.05, 4.69) is 26.1 Å². The lowest BCUT2D eigenvalue weighted by Crippen LogP contribution is -2.36. The lowest BCUT2D eigenvalue weighted by atomic mass is 9.71. The fraction of sp³-hybridized carbons (Fsp3) is 0.923. The zero-order chi connectivity index (χ0) is 11.4. The van der Waals surface area contributed by atoms with Crippen molar-refractivity contribution in [2.75, 3.05) is 6.54 Å². The van der Waals surface area contributed by atoms with Crippen molar-refractivity contribution in [3.05, 3.63) is 0 Å². The molecular weight excluding hydrogens is 186 g/mol. The Morgan fingerprint density at radius 3 is 2.53 bits per heavy atom. The van der Waals surface area contributed by atoms with Gasteiger partial charge in [0.25, 0.3) is 0 Å². The molecule has 15 heavy (non-hydrogen) atoms. The van der Waals surface area contributed by atoms with Gasteiger partial charge in [-0.15, -0.1) is 0 Å². The summed E-state index contributed by atoms with van der Waals surface area (Å²) in [7, 11) is 0. The maximum atomic E-state index is 11.8. The molecule has 3 atom stereocenters. The van der Waals surface area contributed by atoms with Crippen molar-refractivity contribution in [1.29, 1.82) is 0 Å². The first-order valence-corrected chi connectivity index (χ1v) is 6.32. The van der Waals surface area contributed by atoms with Crippen molar-refractivity contribution >= 4 is 5.91 Å². The first kappa shape index (κ1) is 12.5. The van der Waals surface area contributed by atoms with Crippen LogP contribution in [0, 0.1) is 23.7 Å². The topological polar surface area (TPSA) is 29.1 Å². The molecule has 1 aliphatic rings. The molecule has 0 aromatic carbocycles. The van der Waals surface area contributed by atoms with Crippen LogP contribution in [-0.4, -0.2) is 12.5 Å². The van der Waals surface area contributed by atoms with Crippen LogP contribution in [0.4, 0.5) is 0 Å². The minimum Gasteiger partial charge on any atom is -0.356 e. The first-order chi connectivity index (χ1) is 7.04. The van der Waals surface area contributed by atoms with Crippen LogP contribution in [0.25, 0.3) is 0 Å². The summed E-state index contributed by atoms with van der Waals surface area (Å²) in [6.45, 7) is 9.58. The Bertz CT molecular complexity index is 213. The van der Waals surface area contributed by atoms with Gasteiger partial charge in [-0.05, 0) is 43.9 Å². The summed E-state index contributed by atoms with van der Waals surface area (Å²) in [4.78, 5) is 11.8. The predicted molar refractivity (Wildman–Crippen MR) is 63.5 cm³/mol. The average molecular weight is 211 g/mol. The number of hydrogen-bond acceptors (Lipinski definition) is 1. The van der Waals surface area contributed by atoms with E-state index in [1.54, 1.807) is 0 Å². The van der Waals surface area contributed by atoms with Gasteiger partial charge in [-0.2, -0.15) is 0 Å². The van der Waals surface area contributed by atoms with Crippen LogP contribution < -0.4 is 5.32 Å². The molecule has 1 rings (SSSR count). The molecular formula is C13H25NO. The predicted octanol–water partition coefficient (Wildman–Crippen LogP) is 2.83. The molecule has 0 heterocycles. The molecule has 2 heteroatoms. The Labute approximate surface area is 93.8 Å². The summed E-state index contributed by atoms with van der Waals surface area (Å²) in [5.74, 6) is 2.69. The van der Waals surface area contributed by atoms with Gasteiger partial charge >= 0.3 is 0 Å². The summed E-state index contributed by atoms with van der Waals surface area (Å²) < 4.78 is 0. The van der Waals surface area contributed by atoms with Crippen molar-refractivity contribution in [2.45, 2.75) is 47.0 Å². The molecule has 3 unspecified atom stereocenters. The van der Waals surface area contributed by atoms with E-state index in [1.807, 2.05) is 6.92 Å². The van der Waals surface area contributed by atoms with Crippen LogP contribution in [0.5, 0.6) is 0 Å². The van der Waals surface area contributed by atoms with E-state index in [0.29, 0.717) is 11.8 Å². The van der Waals surface area contributed by atoms with Gasteiger partial charge in [0.2, 0.25) is 5.91 Å². The van der Waals surface area contributed by atoms with Gasteiger partial charge in [0, 0.05) is 12.5 Å². The molecule has 0 aliphatic heterocycles. The minimum atomic E-state index is 0.265. The highest BCUT2D eigenvalue weighted by Crippen LogP contribution is 2.37. The highest BCUT2D eigenvalue weighted by Gasteiger charge is 2.31. The van der Waals surface area contributed by atoms with E-state index in [-0.39, 0.29) is 11.8 Å². The molecule has 88 valence electrons. The fourth-order valence-electron chi connectivity index (χ4n) is 2.73. The van der Waals surface area contributed by atoms with Crippen molar-refractivity contribution < 1.29 is 4.79 Å². The fourth-order valence-corrected chi connectivity index (χ4v) is 2.73. The number of nitrogens with one attached hydrogen (secondary N) is 1. The third-order valence-corrected chi connectivity index (χ3v) is 3.64. The molecule has 0 spiro atoms. The maximum absolute atomic E-state index is 11.8. The normalized spacial score (nSPS) is 31.7. The molecule has 1 saturated carbocycles. The van der Waals surface area contributed by atoms with Gasteiger partial charge in [-0.1, -0.05) is 20.8 Å². The summed E-state index contributed by atoms with van der Waals surface area (Å²) in [5, 5.41) is 2.96. The largest absolute Gasteiger partial charge is 0.356 e. The molecule has 1 amide bonds. The Kier molecular flexibility index (Phi) is 4.62. The molecule has 0 saturated heterocycles. The Morgan fingerprint density at radius 1 is 1.33 bits per heavy atom. The molecule has 0 bridgehead atoms. The Balaban J connectivity index is 2.55. The first-order valence-electron chi connectivity index (χ1n) is 6.32. The average Bonchev–Trinajstić information content (AvgIpc) is 2.17. The van der Waals surface area contributed by atoms with E-state index in [9.17, 15) is 4.79 Å².